The highest BCUT2D eigenvalue weighted by atomic mass is 16.2. The van der Waals surface area contributed by atoms with Crippen molar-refractivity contribution >= 4 is 23.3 Å². The summed E-state index contributed by atoms with van der Waals surface area (Å²) in [4.78, 5) is 25.4. The lowest BCUT2D eigenvalue weighted by Crippen LogP contribution is -2.29. The van der Waals surface area contributed by atoms with Gasteiger partial charge in [0.05, 0.1) is 0 Å². The van der Waals surface area contributed by atoms with Crippen LogP contribution in [0.1, 0.15) is 45.4 Å². The number of nitrogens with zero attached hydrogens (tertiary/aromatic N) is 1. The zero-order chi connectivity index (χ0) is 15.8. The molecule has 0 radical (unpaired) electrons. The van der Waals surface area contributed by atoms with Gasteiger partial charge in [-0.05, 0) is 31.0 Å². The Kier molecular flexibility index (Phi) is 6.25. The first kappa shape index (κ1) is 16.3. The molecule has 1 heterocycles. The van der Waals surface area contributed by atoms with E-state index in [2.05, 4.69) is 17.6 Å². The zero-order valence-electron chi connectivity index (χ0n) is 13.2. The molecule has 1 aromatic carbocycles. The first-order chi connectivity index (χ1) is 10.7. The summed E-state index contributed by atoms with van der Waals surface area (Å²) >= 11 is 0. The highest BCUT2D eigenvalue weighted by molar-refractivity contribution is 5.96. The maximum atomic E-state index is 11.8. The minimum Gasteiger partial charge on any atom is -0.338 e. The van der Waals surface area contributed by atoms with Crippen molar-refractivity contribution in [3.63, 3.8) is 0 Å². The number of benzene rings is 1. The Morgan fingerprint density at radius 2 is 2.14 bits per heavy atom. The minimum atomic E-state index is -0.193. The fourth-order valence-corrected chi connectivity index (χ4v) is 2.60. The first-order valence-electron chi connectivity index (χ1n) is 8.16. The van der Waals surface area contributed by atoms with Crippen LogP contribution in [-0.2, 0) is 4.79 Å². The second-order valence-electron chi connectivity index (χ2n) is 5.64. The molecule has 1 aliphatic heterocycles. The normalized spacial score (nSPS) is 14.2. The lowest BCUT2D eigenvalue weighted by molar-refractivity contribution is -0.117. The number of carbonyl (C=O) groups is 2. The maximum absolute atomic E-state index is 11.8. The van der Waals surface area contributed by atoms with Gasteiger partial charge in [-0.15, -0.1) is 0 Å². The van der Waals surface area contributed by atoms with E-state index in [1.807, 2.05) is 24.3 Å². The molecule has 0 saturated carbocycles. The second kappa shape index (κ2) is 8.41. The molecule has 1 aromatic rings. The summed E-state index contributed by atoms with van der Waals surface area (Å²) in [6.45, 7) is 3.61. The van der Waals surface area contributed by atoms with Gasteiger partial charge in [0.25, 0.3) is 0 Å². The fraction of sp³-hybridized carbons (Fsp3) is 0.529. The van der Waals surface area contributed by atoms with Crippen LogP contribution in [0.2, 0.25) is 0 Å². The molecule has 0 spiro atoms. The van der Waals surface area contributed by atoms with Gasteiger partial charge in [-0.2, -0.15) is 0 Å². The second-order valence-corrected chi connectivity index (χ2v) is 5.64. The van der Waals surface area contributed by atoms with E-state index in [1.54, 1.807) is 4.90 Å². The van der Waals surface area contributed by atoms with Gasteiger partial charge in [0.2, 0.25) is 5.91 Å². The molecule has 0 bridgehead atoms. The third-order valence-corrected chi connectivity index (χ3v) is 3.81. The van der Waals surface area contributed by atoms with Gasteiger partial charge in [-0.3, -0.25) is 4.79 Å². The van der Waals surface area contributed by atoms with E-state index in [0.29, 0.717) is 18.7 Å². The number of carbonyl (C=O) groups excluding carboxylic acids is 2. The van der Waals surface area contributed by atoms with Crippen LogP contribution in [0.4, 0.5) is 16.2 Å². The molecule has 120 valence electrons. The van der Waals surface area contributed by atoms with E-state index >= 15 is 0 Å². The maximum Gasteiger partial charge on any atom is 0.319 e. The third kappa shape index (κ3) is 4.76. The number of urea groups is 1. The van der Waals surface area contributed by atoms with Gasteiger partial charge in [0, 0.05) is 30.9 Å². The van der Waals surface area contributed by atoms with Crippen molar-refractivity contribution in [2.24, 2.45) is 0 Å². The molecular formula is C17H25N3O2. The summed E-state index contributed by atoms with van der Waals surface area (Å²) in [7, 11) is 0. The van der Waals surface area contributed by atoms with E-state index in [1.165, 1.54) is 12.8 Å². The van der Waals surface area contributed by atoms with Gasteiger partial charge in [0.1, 0.15) is 0 Å². The Morgan fingerprint density at radius 1 is 1.27 bits per heavy atom. The number of anilines is 2. The van der Waals surface area contributed by atoms with Gasteiger partial charge in [-0.25, -0.2) is 4.79 Å². The largest absolute Gasteiger partial charge is 0.338 e. The number of hydrogen-bond acceptors (Lipinski definition) is 2. The number of nitrogens with one attached hydrogen (secondary N) is 2. The monoisotopic (exact) mass is 303 g/mol. The highest BCUT2D eigenvalue weighted by Crippen LogP contribution is 2.24. The van der Waals surface area contributed by atoms with Crippen LogP contribution in [-0.4, -0.2) is 25.0 Å². The fourth-order valence-electron chi connectivity index (χ4n) is 2.60. The van der Waals surface area contributed by atoms with Crippen LogP contribution >= 0.6 is 0 Å². The van der Waals surface area contributed by atoms with E-state index in [9.17, 15) is 9.59 Å². The third-order valence-electron chi connectivity index (χ3n) is 3.81. The summed E-state index contributed by atoms with van der Waals surface area (Å²) in [5.41, 5.74) is 1.56. The van der Waals surface area contributed by atoms with Gasteiger partial charge >= 0.3 is 6.03 Å². The zero-order valence-corrected chi connectivity index (χ0v) is 13.2. The summed E-state index contributed by atoms with van der Waals surface area (Å²) in [5.74, 6) is 0.150. The van der Waals surface area contributed by atoms with Crippen LogP contribution in [0, 0.1) is 0 Å². The molecule has 2 rings (SSSR count). The van der Waals surface area contributed by atoms with E-state index in [-0.39, 0.29) is 11.9 Å². The van der Waals surface area contributed by atoms with Gasteiger partial charge in [-0.1, -0.05) is 32.3 Å². The van der Waals surface area contributed by atoms with Crippen LogP contribution in [0.15, 0.2) is 24.3 Å². The Morgan fingerprint density at radius 3 is 2.86 bits per heavy atom. The van der Waals surface area contributed by atoms with Crippen molar-refractivity contribution in [2.45, 2.75) is 45.4 Å². The molecule has 22 heavy (non-hydrogen) atoms. The van der Waals surface area contributed by atoms with Gasteiger partial charge in [0.15, 0.2) is 0 Å². The molecule has 5 nitrogen and oxygen atoms in total. The van der Waals surface area contributed by atoms with Crippen molar-refractivity contribution in [1.82, 2.24) is 5.32 Å². The van der Waals surface area contributed by atoms with Crippen molar-refractivity contribution in [1.29, 1.82) is 0 Å². The molecule has 1 fully saturated rings. The van der Waals surface area contributed by atoms with Gasteiger partial charge < -0.3 is 15.5 Å². The molecule has 1 aliphatic rings. The average molecular weight is 303 g/mol. The predicted octanol–water partition coefficient (Wildman–Crippen LogP) is 3.52. The number of unbranched alkanes of at least 4 members (excludes halogenated alkanes) is 3. The van der Waals surface area contributed by atoms with Crippen LogP contribution < -0.4 is 15.5 Å². The number of amides is 3. The molecule has 0 atom stereocenters. The summed E-state index contributed by atoms with van der Waals surface area (Å²) in [6.07, 6.45) is 6.04. The molecule has 2 N–H and O–H groups in total. The number of rotatable bonds is 7. The van der Waals surface area contributed by atoms with E-state index in [0.717, 1.165) is 31.5 Å². The average Bonchev–Trinajstić information content (AvgIpc) is 2.93. The van der Waals surface area contributed by atoms with Crippen molar-refractivity contribution in [2.75, 3.05) is 23.3 Å². The van der Waals surface area contributed by atoms with E-state index in [4.69, 9.17) is 0 Å². The Hall–Kier alpha value is -2.04. The van der Waals surface area contributed by atoms with Crippen LogP contribution in [0.3, 0.4) is 0 Å². The molecule has 0 aromatic heterocycles. The minimum absolute atomic E-state index is 0.150. The lowest BCUT2D eigenvalue weighted by Gasteiger charge is -2.17. The summed E-state index contributed by atoms with van der Waals surface area (Å²) in [5, 5.41) is 5.68. The van der Waals surface area contributed by atoms with Crippen molar-refractivity contribution in [3.8, 4) is 0 Å². The lowest BCUT2D eigenvalue weighted by atomic mass is 10.2. The highest BCUT2D eigenvalue weighted by Gasteiger charge is 2.21. The quantitative estimate of drug-likeness (QED) is 0.757. The topological polar surface area (TPSA) is 61.4 Å². The Bertz CT molecular complexity index is 516. The van der Waals surface area contributed by atoms with Crippen molar-refractivity contribution < 1.29 is 9.59 Å². The van der Waals surface area contributed by atoms with Crippen molar-refractivity contribution in [3.05, 3.63) is 24.3 Å². The standard InChI is InChI=1S/C17H25N3O2/c1-2-3-4-5-11-18-17(22)19-14-8-6-9-15(13-14)20-12-7-10-16(20)21/h6,8-9,13H,2-5,7,10-12H2,1H3,(H2,18,19,22). The summed E-state index contributed by atoms with van der Waals surface area (Å²) in [6, 6.07) is 7.25. The Balaban J connectivity index is 1.82. The summed E-state index contributed by atoms with van der Waals surface area (Å²) < 4.78 is 0. The number of hydrogen-bond donors (Lipinski definition) is 2. The SMILES string of the molecule is CCCCCCNC(=O)Nc1cccc(N2CCCC2=O)c1. The Labute approximate surface area is 132 Å². The molecule has 5 heteroatoms. The first-order valence-corrected chi connectivity index (χ1v) is 8.16. The van der Waals surface area contributed by atoms with E-state index < -0.39 is 0 Å². The molecule has 0 aliphatic carbocycles. The molecular weight excluding hydrogens is 278 g/mol. The predicted molar refractivity (Wildman–Crippen MR) is 89.2 cm³/mol. The van der Waals surface area contributed by atoms with Crippen LogP contribution in [0.25, 0.3) is 0 Å². The molecule has 3 amide bonds. The molecule has 1 saturated heterocycles. The molecule has 0 unspecified atom stereocenters. The smallest absolute Gasteiger partial charge is 0.319 e. The van der Waals surface area contributed by atoms with Crippen LogP contribution in [0.5, 0.6) is 0 Å².